The molecule has 2 rings (SSSR count). The monoisotopic (exact) mass is 238 g/mol. The summed E-state index contributed by atoms with van der Waals surface area (Å²) in [6.45, 7) is 2.68. The van der Waals surface area contributed by atoms with Crippen LogP contribution in [0, 0.1) is 11.3 Å². The highest BCUT2D eigenvalue weighted by Gasteiger charge is 2.48. The maximum Gasteiger partial charge on any atom is 0.227 e. The second-order valence-corrected chi connectivity index (χ2v) is 6.00. The van der Waals surface area contributed by atoms with Gasteiger partial charge in [-0.1, -0.05) is 25.7 Å². The summed E-state index contributed by atoms with van der Waals surface area (Å²) in [4.78, 5) is 12.1. The quantitative estimate of drug-likeness (QED) is 0.738. The van der Waals surface area contributed by atoms with Gasteiger partial charge in [-0.3, -0.25) is 4.79 Å². The summed E-state index contributed by atoms with van der Waals surface area (Å²) in [5.41, 5.74) is 5.49. The van der Waals surface area contributed by atoms with Gasteiger partial charge in [-0.25, -0.2) is 0 Å². The molecule has 1 atom stereocenters. The van der Waals surface area contributed by atoms with Crippen molar-refractivity contribution in [2.24, 2.45) is 17.1 Å². The lowest BCUT2D eigenvalue weighted by Gasteiger charge is -2.25. The Morgan fingerprint density at radius 1 is 1.29 bits per heavy atom. The second kappa shape index (κ2) is 5.38. The maximum absolute atomic E-state index is 12.1. The maximum atomic E-state index is 12.1. The lowest BCUT2D eigenvalue weighted by Crippen LogP contribution is -2.44. The molecule has 3 heteroatoms. The molecular weight excluding hydrogens is 212 g/mol. The Morgan fingerprint density at radius 2 is 1.88 bits per heavy atom. The first-order chi connectivity index (χ1) is 8.18. The van der Waals surface area contributed by atoms with Crippen LogP contribution in [-0.2, 0) is 4.79 Å². The van der Waals surface area contributed by atoms with Crippen molar-refractivity contribution < 1.29 is 4.79 Å². The summed E-state index contributed by atoms with van der Waals surface area (Å²) >= 11 is 0. The largest absolute Gasteiger partial charge is 0.353 e. The Hall–Kier alpha value is -0.570. The fraction of sp³-hybridized carbons (Fsp3) is 0.929. The third kappa shape index (κ3) is 3.01. The molecule has 17 heavy (non-hydrogen) atoms. The van der Waals surface area contributed by atoms with Crippen LogP contribution in [0.25, 0.3) is 0 Å². The minimum absolute atomic E-state index is 0.195. The number of nitrogens with two attached hydrogens (primary N) is 1. The van der Waals surface area contributed by atoms with E-state index in [2.05, 4.69) is 12.2 Å². The number of rotatable bonds is 4. The Labute approximate surface area is 105 Å². The fourth-order valence-electron chi connectivity index (χ4n) is 2.96. The van der Waals surface area contributed by atoms with Crippen molar-refractivity contribution in [3.8, 4) is 0 Å². The van der Waals surface area contributed by atoms with Crippen LogP contribution in [0.3, 0.4) is 0 Å². The number of hydrogen-bond donors (Lipinski definition) is 2. The highest BCUT2D eigenvalue weighted by Crippen LogP contribution is 2.44. The summed E-state index contributed by atoms with van der Waals surface area (Å²) in [5, 5.41) is 3.21. The van der Waals surface area contributed by atoms with E-state index in [4.69, 9.17) is 5.73 Å². The zero-order valence-electron chi connectivity index (χ0n) is 11.0. The summed E-state index contributed by atoms with van der Waals surface area (Å²) < 4.78 is 0. The van der Waals surface area contributed by atoms with Crippen LogP contribution in [0.4, 0.5) is 0 Å². The topological polar surface area (TPSA) is 55.1 Å². The smallest absolute Gasteiger partial charge is 0.227 e. The van der Waals surface area contributed by atoms with Crippen molar-refractivity contribution in [2.75, 3.05) is 6.54 Å². The third-order valence-electron chi connectivity index (χ3n) is 4.69. The fourth-order valence-corrected chi connectivity index (χ4v) is 2.96. The molecule has 2 saturated carbocycles. The first-order valence-corrected chi connectivity index (χ1v) is 7.19. The predicted molar refractivity (Wildman–Crippen MR) is 69.5 cm³/mol. The van der Waals surface area contributed by atoms with Crippen molar-refractivity contribution in [2.45, 2.75) is 64.3 Å². The molecule has 0 spiro atoms. The first-order valence-electron chi connectivity index (χ1n) is 7.19. The Balaban J connectivity index is 1.83. The van der Waals surface area contributed by atoms with E-state index < -0.39 is 0 Å². The van der Waals surface area contributed by atoms with Crippen LogP contribution >= 0.6 is 0 Å². The third-order valence-corrected chi connectivity index (χ3v) is 4.69. The van der Waals surface area contributed by atoms with E-state index in [9.17, 15) is 4.79 Å². The Bertz CT molecular complexity index is 265. The highest BCUT2D eigenvalue weighted by atomic mass is 16.2. The predicted octanol–water partition coefficient (Wildman–Crippen LogP) is 2.20. The molecule has 0 unspecified atom stereocenters. The lowest BCUT2D eigenvalue weighted by atomic mass is 9.92. The SMILES string of the molecule is C[C@@H](NC(=O)C1(CN)CC1)C1CCCCCC1. The number of amides is 1. The Morgan fingerprint density at radius 3 is 2.35 bits per heavy atom. The molecule has 2 fully saturated rings. The molecule has 0 aromatic rings. The molecule has 3 nitrogen and oxygen atoms in total. The van der Waals surface area contributed by atoms with E-state index in [1.54, 1.807) is 0 Å². The molecule has 0 heterocycles. The van der Waals surface area contributed by atoms with Crippen LogP contribution in [0.1, 0.15) is 58.3 Å². The van der Waals surface area contributed by atoms with Gasteiger partial charge < -0.3 is 11.1 Å². The summed E-state index contributed by atoms with van der Waals surface area (Å²) in [6, 6.07) is 0.324. The number of nitrogens with one attached hydrogen (secondary N) is 1. The van der Waals surface area contributed by atoms with Crippen molar-refractivity contribution in [1.82, 2.24) is 5.32 Å². The molecule has 0 aliphatic heterocycles. The van der Waals surface area contributed by atoms with E-state index >= 15 is 0 Å². The minimum atomic E-state index is -0.195. The second-order valence-electron chi connectivity index (χ2n) is 6.00. The molecule has 2 aliphatic carbocycles. The zero-order valence-corrected chi connectivity index (χ0v) is 11.0. The molecule has 0 aromatic carbocycles. The van der Waals surface area contributed by atoms with Crippen LogP contribution < -0.4 is 11.1 Å². The molecular formula is C14H26N2O. The molecule has 0 saturated heterocycles. The standard InChI is InChI=1S/C14H26N2O/c1-11(12-6-4-2-3-5-7-12)16-13(17)14(10-15)8-9-14/h11-12H,2-10,15H2,1H3,(H,16,17)/t11-/m1/s1. The van der Waals surface area contributed by atoms with Gasteiger partial charge in [0.2, 0.25) is 5.91 Å². The van der Waals surface area contributed by atoms with E-state index in [0.29, 0.717) is 18.5 Å². The van der Waals surface area contributed by atoms with E-state index in [1.165, 1.54) is 38.5 Å². The summed E-state index contributed by atoms with van der Waals surface area (Å²) in [6.07, 6.45) is 9.89. The molecule has 3 N–H and O–H groups in total. The average Bonchev–Trinajstić information content (AvgIpc) is 3.14. The average molecular weight is 238 g/mol. The van der Waals surface area contributed by atoms with Crippen LogP contribution in [0.5, 0.6) is 0 Å². The van der Waals surface area contributed by atoms with Gasteiger partial charge >= 0.3 is 0 Å². The van der Waals surface area contributed by atoms with Crippen molar-refractivity contribution >= 4 is 5.91 Å². The highest BCUT2D eigenvalue weighted by molar-refractivity contribution is 5.85. The molecule has 0 aromatic heterocycles. The molecule has 2 aliphatic rings. The van der Waals surface area contributed by atoms with Gasteiger partial charge in [-0.2, -0.15) is 0 Å². The summed E-state index contributed by atoms with van der Waals surface area (Å²) in [5.74, 6) is 0.881. The van der Waals surface area contributed by atoms with Gasteiger partial charge in [0.05, 0.1) is 5.41 Å². The Kier molecular flexibility index (Phi) is 4.08. The van der Waals surface area contributed by atoms with Crippen LogP contribution in [-0.4, -0.2) is 18.5 Å². The number of carbonyl (C=O) groups excluding carboxylic acids is 1. The number of carbonyl (C=O) groups is 1. The van der Waals surface area contributed by atoms with Crippen molar-refractivity contribution in [3.63, 3.8) is 0 Å². The van der Waals surface area contributed by atoms with E-state index in [1.807, 2.05) is 0 Å². The molecule has 0 radical (unpaired) electrons. The summed E-state index contributed by atoms with van der Waals surface area (Å²) in [7, 11) is 0. The minimum Gasteiger partial charge on any atom is -0.353 e. The first kappa shape index (κ1) is 12.9. The van der Waals surface area contributed by atoms with E-state index in [0.717, 1.165) is 12.8 Å². The van der Waals surface area contributed by atoms with Gasteiger partial charge in [0.25, 0.3) is 0 Å². The number of hydrogen-bond acceptors (Lipinski definition) is 2. The molecule has 0 bridgehead atoms. The van der Waals surface area contributed by atoms with Gasteiger partial charge in [-0.05, 0) is 38.5 Å². The lowest BCUT2D eigenvalue weighted by molar-refractivity contribution is -0.127. The van der Waals surface area contributed by atoms with Gasteiger partial charge in [0.1, 0.15) is 0 Å². The van der Waals surface area contributed by atoms with Crippen LogP contribution in [0.2, 0.25) is 0 Å². The van der Waals surface area contributed by atoms with Crippen molar-refractivity contribution in [3.05, 3.63) is 0 Å². The zero-order chi connectivity index (χ0) is 12.3. The molecule has 1 amide bonds. The van der Waals surface area contributed by atoms with E-state index in [-0.39, 0.29) is 11.3 Å². The van der Waals surface area contributed by atoms with Crippen molar-refractivity contribution in [1.29, 1.82) is 0 Å². The van der Waals surface area contributed by atoms with Gasteiger partial charge in [-0.15, -0.1) is 0 Å². The van der Waals surface area contributed by atoms with Gasteiger partial charge in [0.15, 0.2) is 0 Å². The normalized spacial score (nSPS) is 26.0. The van der Waals surface area contributed by atoms with Crippen LogP contribution in [0.15, 0.2) is 0 Å². The van der Waals surface area contributed by atoms with Gasteiger partial charge in [0, 0.05) is 12.6 Å². The molecule has 98 valence electrons.